The molecule has 1 fully saturated rings. The van der Waals surface area contributed by atoms with E-state index in [0.717, 1.165) is 17.3 Å². The molecule has 0 aliphatic carbocycles. The number of rotatable bonds is 6. The van der Waals surface area contributed by atoms with Gasteiger partial charge in [-0.1, -0.05) is 30.0 Å². The van der Waals surface area contributed by atoms with Gasteiger partial charge in [0.05, 0.1) is 23.4 Å². The summed E-state index contributed by atoms with van der Waals surface area (Å²) in [4.78, 5) is 17.0. The molecule has 1 amide bonds. The third-order valence-electron chi connectivity index (χ3n) is 4.32. The molecule has 4 N–H and O–H groups in total. The molecule has 0 unspecified atom stereocenters. The molecule has 3 aromatic rings. The fraction of sp³-hybridized carbons (Fsp3) is 0.0500. The van der Waals surface area contributed by atoms with E-state index < -0.39 is 0 Å². The molecular formula is C20H16N5O5S2-. The standard InChI is InChI=1S/C20H17N5O5S2/c1-30-15-4-2-3-12(17(15)26)9-16-18(27)22-20(32-16)24-23-19-21-14(10-31-19)11-5-7-13(8-6-11)25(28)29/h2-10,26,28-29H,1H3,(H,21,23)(H,22,24,27)/p-1/b16-9-. The zero-order chi connectivity index (χ0) is 22.7. The number of benzene rings is 2. The minimum atomic E-state index is -0.362. The lowest BCUT2D eigenvalue weighted by atomic mass is 10.1. The van der Waals surface area contributed by atoms with Crippen LogP contribution in [0.3, 0.4) is 0 Å². The number of anilines is 2. The van der Waals surface area contributed by atoms with Gasteiger partial charge in [-0.3, -0.25) is 26.0 Å². The number of aromatic nitrogens is 1. The van der Waals surface area contributed by atoms with Crippen molar-refractivity contribution in [3.8, 4) is 22.8 Å². The molecule has 1 aliphatic heterocycles. The zero-order valence-corrected chi connectivity index (χ0v) is 18.1. The number of ether oxygens (including phenoxy) is 1. The number of nitrogens with one attached hydrogen (secondary N) is 2. The molecule has 2 aromatic carbocycles. The normalized spacial score (nSPS) is 15.8. The van der Waals surface area contributed by atoms with Gasteiger partial charge < -0.3 is 9.84 Å². The molecule has 4 rings (SSSR count). The SMILES string of the molecule is COc1cccc(/C=C2\S/C(=N\Nc3nc(-c4ccc(N(O)O)cc4)cs3)NC2=O)c1[O-]. The smallest absolute Gasteiger partial charge is 0.264 e. The summed E-state index contributed by atoms with van der Waals surface area (Å²) in [5.41, 5.74) is 4.84. The minimum absolute atomic E-state index is 0.0380. The maximum atomic E-state index is 12.3. The average molecular weight is 471 g/mol. The van der Waals surface area contributed by atoms with Crippen LogP contribution >= 0.6 is 23.1 Å². The summed E-state index contributed by atoms with van der Waals surface area (Å²) in [5.74, 6) is -0.453. The predicted octanol–water partition coefficient (Wildman–Crippen LogP) is 3.06. The fourth-order valence-corrected chi connectivity index (χ4v) is 4.19. The molecule has 2 heterocycles. The first kappa shape index (κ1) is 21.6. The number of thiazole rings is 1. The van der Waals surface area contributed by atoms with E-state index in [1.54, 1.807) is 30.3 Å². The molecule has 0 bridgehead atoms. The lowest BCUT2D eigenvalue weighted by molar-refractivity contribution is -0.270. The summed E-state index contributed by atoms with van der Waals surface area (Å²) in [7, 11) is 1.41. The van der Waals surface area contributed by atoms with Crippen LogP contribution in [0, 0.1) is 0 Å². The van der Waals surface area contributed by atoms with E-state index in [1.165, 1.54) is 36.7 Å². The van der Waals surface area contributed by atoms with E-state index in [9.17, 15) is 9.90 Å². The Morgan fingerprint density at radius 1 is 1.25 bits per heavy atom. The van der Waals surface area contributed by atoms with Gasteiger partial charge in [0.2, 0.25) is 5.13 Å². The van der Waals surface area contributed by atoms with Crippen molar-refractivity contribution < 1.29 is 25.1 Å². The third kappa shape index (κ3) is 4.68. The maximum Gasteiger partial charge on any atom is 0.264 e. The van der Waals surface area contributed by atoms with E-state index in [4.69, 9.17) is 15.2 Å². The Kier molecular flexibility index (Phi) is 6.28. The van der Waals surface area contributed by atoms with Gasteiger partial charge in [0.15, 0.2) is 5.17 Å². The summed E-state index contributed by atoms with van der Waals surface area (Å²) in [6, 6.07) is 11.3. The van der Waals surface area contributed by atoms with Crippen LogP contribution in [0.4, 0.5) is 10.8 Å². The molecule has 32 heavy (non-hydrogen) atoms. The van der Waals surface area contributed by atoms with Crippen molar-refractivity contribution >= 4 is 51.1 Å². The van der Waals surface area contributed by atoms with E-state index in [2.05, 4.69) is 20.8 Å². The molecule has 0 radical (unpaired) electrons. The van der Waals surface area contributed by atoms with Crippen molar-refractivity contribution in [2.75, 3.05) is 17.8 Å². The van der Waals surface area contributed by atoms with Crippen molar-refractivity contribution in [2.24, 2.45) is 5.10 Å². The highest BCUT2D eigenvalue weighted by atomic mass is 32.2. The number of nitrogens with zero attached hydrogens (tertiary/aromatic N) is 3. The third-order valence-corrected chi connectivity index (χ3v) is 5.97. The van der Waals surface area contributed by atoms with E-state index in [0.29, 0.717) is 26.5 Å². The van der Waals surface area contributed by atoms with Gasteiger partial charge in [-0.25, -0.2) is 4.98 Å². The Hall–Kier alpha value is -3.58. The lowest BCUT2D eigenvalue weighted by Gasteiger charge is -2.15. The predicted molar refractivity (Wildman–Crippen MR) is 121 cm³/mol. The molecule has 10 nitrogen and oxygen atoms in total. The number of thioether (sulfide) groups is 1. The van der Waals surface area contributed by atoms with Crippen LogP contribution in [0.15, 0.2) is 57.9 Å². The Morgan fingerprint density at radius 2 is 2.03 bits per heavy atom. The highest BCUT2D eigenvalue weighted by molar-refractivity contribution is 8.18. The number of hydrogen-bond donors (Lipinski definition) is 4. The molecule has 12 heteroatoms. The average Bonchev–Trinajstić information content (AvgIpc) is 3.40. The Morgan fingerprint density at radius 3 is 2.75 bits per heavy atom. The number of amides is 1. The fourth-order valence-electron chi connectivity index (χ4n) is 2.75. The molecule has 1 saturated heterocycles. The van der Waals surface area contributed by atoms with Gasteiger partial charge >= 0.3 is 0 Å². The number of para-hydroxylation sites is 1. The van der Waals surface area contributed by atoms with E-state index in [-0.39, 0.29) is 28.3 Å². The summed E-state index contributed by atoms with van der Waals surface area (Å²) >= 11 is 2.41. The number of hydrazone groups is 1. The molecule has 0 atom stereocenters. The van der Waals surface area contributed by atoms with Crippen molar-refractivity contribution in [1.29, 1.82) is 0 Å². The van der Waals surface area contributed by atoms with Crippen LogP contribution in [-0.4, -0.2) is 33.6 Å². The summed E-state index contributed by atoms with van der Waals surface area (Å²) in [6.07, 6.45) is 1.50. The number of carbonyl (C=O) groups is 1. The van der Waals surface area contributed by atoms with Crippen LogP contribution < -0.4 is 25.8 Å². The van der Waals surface area contributed by atoms with Crippen molar-refractivity contribution in [3.63, 3.8) is 0 Å². The molecule has 1 aliphatic rings. The summed E-state index contributed by atoms with van der Waals surface area (Å²) in [5, 5.41) is 39.8. The summed E-state index contributed by atoms with van der Waals surface area (Å²) in [6.45, 7) is 0. The first-order valence-electron chi connectivity index (χ1n) is 9.07. The van der Waals surface area contributed by atoms with Gasteiger partial charge in [-0.05, 0) is 41.6 Å². The second kappa shape index (κ2) is 9.28. The van der Waals surface area contributed by atoms with Crippen LogP contribution in [0.1, 0.15) is 5.56 Å². The molecule has 164 valence electrons. The quantitative estimate of drug-likeness (QED) is 0.316. The Bertz CT molecular complexity index is 1210. The second-order valence-electron chi connectivity index (χ2n) is 6.35. The molecule has 1 aromatic heterocycles. The number of hydrogen-bond acceptors (Lipinski definition) is 11. The van der Waals surface area contributed by atoms with Crippen LogP contribution in [-0.2, 0) is 4.79 Å². The van der Waals surface area contributed by atoms with E-state index in [1.807, 2.05) is 5.38 Å². The second-order valence-corrected chi connectivity index (χ2v) is 8.24. The van der Waals surface area contributed by atoms with Gasteiger partial charge in [0, 0.05) is 10.9 Å². The number of methoxy groups -OCH3 is 1. The maximum absolute atomic E-state index is 12.3. The van der Waals surface area contributed by atoms with Crippen LogP contribution in [0.5, 0.6) is 11.5 Å². The minimum Gasteiger partial charge on any atom is -0.870 e. The van der Waals surface area contributed by atoms with Gasteiger partial charge in [-0.15, -0.1) is 21.7 Å². The highest BCUT2D eigenvalue weighted by Crippen LogP contribution is 2.32. The molecule has 0 saturated carbocycles. The Balaban J connectivity index is 1.44. The highest BCUT2D eigenvalue weighted by Gasteiger charge is 2.24. The Labute approximate surface area is 190 Å². The van der Waals surface area contributed by atoms with Gasteiger partial charge in [-0.2, -0.15) is 0 Å². The first-order valence-corrected chi connectivity index (χ1v) is 10.8. The van der Waals surface area contributed by atoms with Crippen LogP contribution in [0.2, 0.25) is 0 Å². The number of amidine groups is 1. The van der Waals surface area contributed by atoms with E-state index >= 15 is 0 Å². The largest absolute Gasteiger partial charge is 0.870 e. The topological polar surface area (TPSA) is 142 Å². The first-order chi connectivity index (χ1) is 15.4. The van der Waals surface area contributed by atoms with Crippen molar-refractivity contribution in [3.05, 3.63) is 58.3 Å². The van der Waals surface area contributed by atoms with Gasteiger partial charge in [0.1, 0.15) is 5.75 Å². The lowest BCUT2D eigenvalue weighted by Crippen LogP contribution is -2.20. The zero-order valence-electron chi connectivity index (χ0n) is 16.5. The van der Waals surface area contributed by atoms with Crippen molar-refractivity contribution in [1.82, 2.24) is 10.3 Å². The number of carbonyl (C=O) groups excluding carboxylic acids is 1. The van der Waals surface area contributed by atoms with Crippen LogP contribution in [0.25, 0.3) is 17.3 Å². The van der Waals surface area contributed by atoms with Crippen molar-refractivity contribution in [2.45, 2.75) is 0 Å². The summed E-state index contributed by atoms with van der Waals surface area (Å²) < 4.78 is 5.02. The molecule has 0 spiro atoms. The monoisotopic (exact) mass is 470 g/mol. The van der Waals surface area contributed by atoms with Gasteiger partial charge in [0.25, 0.3) is 5.91 Å². The molecular weight excluding hydrogens is 454 g/mol.